The maximum absolute atomic E-state index is 11.4. The van der Waals surface area contributed by atoms with Crippen molar-refractivity contribution in [1.29, 1.82) is 0 Å². The zero-order valence-electron chi connectivity index (χ0n) is 18.9. The number of nitrogens with two attached hydrogens (primary N) is 1. The van der Waals surface area contributed by atoms with Crippen LogP contribution in [-0.2, 0) is 0 Å². The molecule has 0 bridgehead atoms. The number of hydrogen-bond donors (Lipinski definition) is 2. The van der Waals surface area contributed by atoms with Crippen LogP contribution in [0.5, 0.6) is 0 Å². The minimum atomic E-state index is -0.441. The zero-order valence-corrected chi connectivity index (χ0v) is 18.9. The molecular formula is C26H27N7O. The number of piperazine rings is 1. The van der Waals surface area contributed by atoms with Crippen molar-refractivity contribution in [2.45, 2.75) is 18.9 Å². The normalized spacial score (nSPS) is 16.6. The Kier molecular flexibility index (Phi) is 5.15. The van der Waals surface area contributed by atoms with Gasteiger partial charge in [-0.25, -0.2) is 9.50 Å². The zero-order chi connectivity index (χ0) is 23.1. The van der Waals surface area contributed by atoms with Gasteiger partial charge in [0.15, 0.2) is 5.65 Å². The quantitative estimate of drug-likeness (QED) is 0.464. The van der Waals surface area contributed by atoms with Gasteiger partial charge in [0.1, 0.15) is 6.33 Å². The molecule has 0 spiro atoms. The van der Waals surface area contributed by atoms with Crippen LogP contribution >= 0.6 is 0 Å². The van der Waals surface area contributed by atoms with Crippen LogP contribution in [0.3, 0.4) is 0 Å². The van der Waals surface area contributed by atoms with E-state index in [1.165, 1.54) is 18.5 Å². The monoisotopic (exact) mass is 453 g/mol. The summed E-state index contributed by atoms with van der Waals surface area (Å²) in [5.74, 6) is -0.441. The van der Waals surface area contributed by atoms with Crippen molar-refractivity contribution in [3.63, 3.8) is 0 Å². The molecule has 1 amide bonds. The van der Waals surface area contributed by atoms with E-state index in [1.807, 2.05) is 24.3 Å². The van der Waals surface area contributed by atoms with Crippen molar-refractivity contribution in [2.75, 3.05) is 36.4 Å². The first-order valence-electron chi connectivity index (χ1n) is 11.7. The largest absolute Gasteiger partial charge is 0.369 e. The van der Waals surface area contributed by atoms with E-state index < -0.39 is 5.91 Å². The number of nitrogens with one attached hydrogen (secondary N) is 1. The molecule has 6 rings (SSSR count). The molecular weight excluding hydrogens is 426 g/mol. The number of fused-ring (bicyclic) bond motifs is 1. The summed E-state index contributed by atoms with van der Waals surface area (Å²) < 4.78 is 1.80. The number of aromatic nitrogens is 3. The fraction of sp³-hybridized carbons (Fsp3) is 0.269. The second-order valence-corrected chi connectivity index (χ2v) is 9.00. The lowest BCUT2D eigenvalue weighted by molar-refractivity contribution is 0.100. The minimum Gasteiger partial charge on any atom is -0.369 e. The van der Waals surface area contributed by atoms with Crippen LogP contribution in [0, 0.1) is 0 Å². The molecule has 172 valence electrons. The number of nitrogens with zero attached hydrogens (tertiary/aromatic N) is 5. The Balaban J connectivity index is 1.19. The first-order valence-corrected chi connectivity index (χ1v) is 11.7. The number of benzene rings is 2. The maximum atomic E-state index is 11.4. The molecule has 8 heteroatoms. The van der Waals surface area contributed by atoms with Crippen molar-refractivity contribution in [3.8, 4) is 11.3 Å². The van der Waals surface area contributed by atoms with Crippen molar-refractivity contribution in [2.24, 2.45) is 5.73 Å². The Labute approximate surface area is 198 Å². The number of hydrogen-bond acceptors (Lipinski definition) is 6. The first kappa shape index (κ1) is 20.7. The van der Waals surface area contributed by atoms with E-state index in [1.54, 1.807) is 23.0 Å². The molecule has 2 aromatic heterocycles. The molecule has 0 unspecified atom stereocenters. The number of anilines is 3. The van der Waals surface area contributed by atoms with E-state index in [-0.39, 0.29) is 0 Å². The van der Waals surface area contributed by atoms with E-state index in [0.717, 1.165) is 60.5 Å². The van der Waals surface area contributed by atoms with Gasteiger partial charge in [-0.15, -0.1) is 0 Å². The lowest BCUT2D eigenvalue weighted by Crippen LogP contribution is -2.47. The lowest BCUT2D eigenvalue weighted by Gasteiger charge is -2.36. The molecule has 2 aliphatic rings. The Morgan fingerprint density at radius 3 is 2.32 bits per heavy atom. The average molecular weight is 454 g/mol. The third-order valence-corrected chi connectivity index (χ3v) is 6.78. The fourth-order valence-electron chi connectivity index (χ4n) is 4.73. The molecule has 1 saturated heterocycles. The van der Waals surface area contributed by atoms with Gasteiger partial charge >= 0.3 is 0 Å². The van der Waals surface area contributed by atoms with Crippen LogP contribution < -0.4 is 16.0 Å². The van der Waals surface area contributed by atoms with Crippen molar-refractivity contribution in [1.82, 2.24) is 19.5 Å². The summed E-state index contributed by atoms with van der Waals surface area (Å²) in [7, 11) is 0. The topological polar surface area (TPSA) is 91.8 Å². The summed E-state index contributed by atoms with van der Waals surface area (Å²) in [5.41, 5.74) is 11.5. The lowest BCUT2D eigenvalue weighted by atomic mass is 10.1. The molecule has 0 atom stereocenters. The average Bonchev–Trinajstić information content (AvgIpc) is 3.61. The van der Waals surface area contributed by atoms with Gasteiger partial charge in [-0.1, -0.05) is 12.1 Å². The first-order chi connectivity index (χ1) is 16.7. The Bertz CT molecular complexity index is 1320. The molecule has 8 nitrogen and oxygen atoms in total. The highest BCUT2D eigenvalue weighted by Crippen LogP contribution is 2.30. The standard InChI is InChI=1S/C26H27N7O/c27-25(34)19-3-1-18(2-4-19)24-12-11-23(26-28-17-29-33(24)26)30-20-5-7-21(8-6-20)31-13-15-32(16-14-31)22-9-10-22/h1-8,11-12,17,22,30H,9-10,13-16H2,(H2,27,34). The van der Waals surface area contributed by atoms with E-state index >= 15 is 0 Å². The van der Waals surface area contributed by atoms with E-state index in [0.29, 0.717) is 5.56 Å². The van der Waals surface area contributed by atoms with E-state index in [4.69, 9.17) is 5.73 Å². The molecule has 3 N–H and O–H groups in total. The van der Waals surface area contributed by atoms with Crippen LogP contribution in [0.1, 0.15) is 23.2 Å². The van der Waals surface area contributed by atoms with E-state index in [9.17, 15) is 4.79 Å². The van der Waals surface area contributed by atoms with Crippen LogP contribution in [0.25, 0.3) is 16.9 Å². The summed E-state index contributed by atoms with van der Waals surface area (Å²) in [4.78, 5) is 20.9. The summed E-state index contributed by atoms with van der Waals surface area (Å²) in [6.07, 6.45) is 4.30. The summed E-state index contributed by atoms with van der Waals surface area (Å²) in [6, 6.07) is 20.6. The summed E-state index contributed by atoms with van der Waals surface area (Å²) in [5, 5.41) is 7.90. The van der Waals surface area contributed by atoms with Gasteiger partial charge in [0.05, 0.1) is 11.4 Å². The van der Waals surface area contributed by atoms with E-state index in [2.05, 4.69) is 49.5 Å². The predicted molar refractivity (Wildman–Crippen MR) is 133 cm³/mol. The van der Waals surface area contributed by atoms with Gasteiger partial charge in [-0.05, 0) is 61.4 Å². The number of primary amides is 1. The molecule has 1 aliphatic heterocycles. The smallest absolute Gasteiger partial charge is 0.248 e. The molecule has 34 heavy (non-hydrogen) atoms. The third kappa shape index (κ3) is 3.97. The van der Waals surface area contributed by atoms with Gasteiger partial charge in [-0.3, -0.25) is 9.69 Å². The highest BCUT2D eigenvalue weighted by Gasteiger charge is 2.31. The van der Waals surface area contributed by atoms with Crippen molar-refractivity contribution < 1.29 is 4.79 Å². The van der Waals surface area contributed by atoms with Crippen LogP contribution in [-0.4, -0.2) is 57.6 Å². The highest BCUT2D eigenvalue weighted by molar-refractivity contribution is 5.93. The molecule has 1 aliphatic carbocycles. The van der Waals surface area contributed by atoms with Crippen molar-refractivity contribution in [3.05, 3.63) is 72.6 Å². The van der Waals surface area contributed by atoms with Crippen LogP contribution in [0.2, 0.25) is 0 Å². The number of pyridine rings is 1. The fourth-order valence-corrected chi connectivity index (χ4v) is 4.73. The van der Waals surface area contributed by atoms with Gasteiger partial charge in [0.2, 0.25) is 5.91 Å². The third-order valence-electron chi connectivity index (χ3n) is 6.78. The van der Waals surface area contributed by atoms with Gasteiger partial charge < -0.3 is 16.0 Å². The SMILES string of the molecule is NC(=O)c1ccc(-c2ccc(Nc3ccc(N4CCN(C5CC5)CC4)cc3)c3ncnn23)cc1. The van der Waals surface area contributed by atoms with Crippen LogP contribution in [0.4, 0.5) is 17.1 Å². The molecule has 2 aromatic carbocycles. The second kappa shape index (κ2) is 8.46. The van der Waals surface area contributed by atoms with Gasteiger partial charge in [0, 0.05) is 54.7 Å². The number of rotatable bonds is 6. The maximum Gasteiger partial charge on any atom is 0.248 e. The van der Waals surface area contributed by atoms with Crippen molar-refractivity contribution >= 4 is 28.6 Å². The summed E-state index contributed by atoms with van der Waals surface area (Å²) >= 11 is 0. The molecule has 3 heterocycles. The number of carbonyl (C=O) groups excluding carboxylic acids is 1. The van der Waals surface area contributed by atoms with Crippen LogP contribution in [0.15, 0.2) is 67.0 Å². The number of amides is 1. The molecule has 4 aromatic rings. The molecule has 2 fully saturated rings. The second-order valence-electron chi connectivity index (χ2n) is 9.00. The minimum absolute atomic E-state index is 0.441. The Hall–Kier alpha value is -3.91. The number of carbonyl (C=O) groups is 1. The Morgan fingerprint density at radius 1 is 0.912 bits per heavy atom. The summed E-state index contributed by atoms with van der Waals surface area (Å²) in [6.45, 7) is 4.50. The van der Waals surface area contributed by atoms with Gasteiger partial charge in [0.25, 0.3) is 0 Å². The Morgan fingerprint density at radius 2 is 1.65 bits per heavy atom. The van der Waals surface area contributed by atoms with Gasteiger partial charge in [-0.2, -0.15) is 5.10 Å². The highest BCUT2D eigenvalue weighted by atomic mass is 16.1. The predicted octanol–water partition coefficient (Wildman–Crippen LogP) is 3.52. The molecule has 1 saturated carbocycles. The molecule has 0 radical (unpaired) electrons.